The van der Waals surface area contributed by atoms with Crippen LogP contribution in [0, 0.1) is 20.2 Å². The molecule has 0 saturated carbocycles. The van der Waals surface area contributed by atoms with Crippen LogP contribution >= 0.6 is 15.9 Å². The third-order valence-corrected chi connectivity index (χ3v) is 5.29. The van der Waals surface area contributed by atoms with Crippen molar-refractivity contribution in [2.24, 2.45) is 10.2 Å². The molecule has 0 atom stereocenters. The van der Waals surface area contributed by atoms with Gasteiger partial charge in [0, 0.05) is 32.5 Å². The van der Waals surface area contributed by atoms with Gasteiger partial charge in [-0.1, -0.05) is 0 Å². The van der Waals surface area contributed by atoms with Gasteiger partial charge in [0.25, 0.3) is 5.69 Å². The van der Waals surface area contributed by atoms with Gasteiger partial charge in [-0.3, -0.25) is 34.6 Å². The summed E-state index contributed by atoms with van der Waals surface area (Å²) in [5.41, 5.74) is -0.534. The standard InChI is InChI=1S/C22H23BrN6O9/c1-13(30)24-20-11-16(27(6-8-37-14(2)31)7-9-38-15(3)32)4-5-19(20)25-26-22-18(23)10-17(28(33)34)12-21(22)29(35)36/h4-5,10-12H,6-9H2,1-3H3,(H,24,30). The van der Waals surface area contributed by atoms with E-state index in [-0.39, 0.29) is 47.8 Å². The number of benzene rings is 2. The highest BCUT2D eigenvalue weighted by Crippen LogP contribution is 2.40. The van der Waals surface area contributed by atoms with Crippen LogP contribution in [0.2, 0.25) is 0 Å². The number of halogens is 1. The molecule has 0 radical (unpaired) electrons. The summed E-state index contributed by atoms with van der Waals surface area (Å²) >= 11 is 3.06. The minimum absolute atomic E-state index is 0.0260. The number of anilines is 2. The van der Waals surface area contributed by atoms with Crippen LogP contribution in [0.1, 0.15) is 20.8 Å². The summed E-state index contributed by atoms with van der Waals surface area (Å²) in [7, 11) is 0. The topological polar surface area (TPSA) is 196 Å². The molecule has 0 spiro atoms. The first kappa shape index (κ1) is 29.8. The Bertz CT molecular complexity index is 1260. The van der Waals surface area contributed by atoms with E-state index in [0.717, 1.165) is 12.1 Å². The quantitative estimate of drug-likeness (QED) is 0.157. The summed E-state index contributed by atoms with van der Waals surface area (Å²) in [6.45, 7) is 4.38. The molecule has 2 aromatic carbocycles. The van der Waals surface area contributed by atoms with E-state index in [1.165, 1.54) is 26.8 Å². The summed E-state index contributed by atoms with van der Waals surface area (Å²) in [4.78, 5) is 56.8. The third-order valence-electron chi connectivity index (χ3n) is 4.68. The number of hydrogen-bond donors (Lipinski definition) is 1. The number of nitro groups is 2. The van der Waals surface area contributed by atoms with Gasteiger partial charge >= 0.3 is 17.6 Å². The second kappa shape index (κ2) is 13.7. The van der Waals surface area contributed by atoms with Gasteiger partial charge in [0.05, 0.1) is 39.2 Å². The van der Waals surface area contributed by atoms with Crippen LogP contribution in [0.3, 0.4) is 0 Å². The second-order valence-corrected chi connectivity index (χ2v) is 8.41. The van der Waals surface area contributed by atoms with E-state index in [4.69, 9.17) is 9.47 Å². The molecule has 38 heavy (non-hydrogen) atoms. The van der Waals surface area contributed by atoms with Crippen molar-refractivity contribution in [3.8, 4) is 0 Å². The SMILES string of the molecule is CC(=O)Nc1cc(N(CCOC(C)=O)CCOC(C)=O)ccc1N=Nc1c(Br)cc([N+](=O)[O-])cc1[N+](=O)[O-]. The maximum atomic E-state index is 11.8. The van der Waals surface area contributed by atoms with E-state index in [1.54, 1.807) is 17.0 Å². The molecule has 0 bridgehead atoms. The highest BCUT2D eigenvalue weighted by molar-refractivity contribution is 9.10. The number of esters is 2. The minimum Gasteiger partial charge on any atom is -0.464 e. The monoisotopic (exact) mass is 594 g/mol. The Hall–Kier alpha value is -4.47. The van der Waals surface area contributed by atoms with Crippen LogP contribution in [-0.2, 0) is 23.9 Å². The van der Waals surface area contributed by atoms with E-state index in [9.17, 15) is 34.6 Å². The van der Waals surface area contributed by atoms with Crippen molar-refractivity contribution < 1.29 is 33.7 Å². The number of nitrogens with one attached hydrogen (secondary N) is 1. The van der Waals surface area contributed by atoms with Gasteiger partial charge < -0.3 is 19.7 Å². The van der Waals surface area contributed by atoms with Gasteiger partial charge in [0.2, 0.25) is 5.91 Å². The van der Waals surface area contributed by atoms with Crippen LogP contribution < -0.4 is 10.2 Å². The number of carbonyl (C=O) groups is 3. The lowest BCUT2D eigenvalue weighted by Gasteiger charge is -2.25. The van der Waals surface area contributed by atoms with E-state index in [2.05, 4.69) is 31.5 Å². The molecule has 0 unspecified atom stereocenters. The van der Waals surface area contributed by atoms with E-state index in [0.29, 0.717) is 5.69 Å². The fraction of sp³-hybridized carbons (Fsp3) is 0.318. The smallest absolute Gasteiger partial charge is 0.304 e. The normalized spacial score (nSPS) is 10.6. The minimum atomic E-state index is -0.825. The molecular formula is C22H23BrN6O9. The van der Waals surface area contributed by atoms with Crippen molar-refractivity contribution in [1.29, 1.82) is 0 Å². The fourth-order valence-electron chi connectivity index (χ4n) is 3.08. The number of non-ortho nitro benzene ring substituents is 1. The van der Waals surface area contributed by atoms with Crippen molar-refractivity contribution in [2.75, 3.05) is 36.5 Å². The molecule has 202 valence electrons. The van der Waals surface area contributed by atoms with Gasteiger partial charge in [-0.25, -0.2) is 0 Å². The van der Waals surface area contributed by atoms with Crippen molar-refractivity contribution >= 4 is 67.9 Å². The first-order chi connectivity index (χ1) is 17.9. The lowest BCUT2D eigenvalue weighted by Crippen LogP contribution is -2.32. The van der Waals surface area contributed by atoms with Crippen molar-refractivity contribution in [3.63, 3.8) is 0 Å². The highest BCUT2D eigenvalue weighted by atomic mass is 79.9. The number of azo groups is 1. The van der Waals surface area contributed by atoms with Crippen molar-refractivity contribution in [1.82, 2.24) is 0 Å². The molecule has 2 rings (SSSR count). The first-order valence-corrected chi connectivity index (χ1v) is 11.7. The molecule has 2 aromatic rings. The molecule has 0 aliphatic rings. The summed E-state index contributed by atoms with van der Waals surface area (Å²) < 4.78 is 9.97. The van der Waals surface area contributed by atoms with E-state index < -0.39 is 39.1 Å². The van der Waals surface area contributed by atoms with Crippen molar-refractivity contribution in [3.05, 3.63) is 55.0 Å². The Morgan fingerprint density at radius 1 is 0.947 bits per heavy atom. The molecule has 0 fully saturated rings. The average Bonchev–Trinajstić information content (AvgIpc) is 2.81. The lowest BCUT2D eigenvalue weighted by atomic mass is 10.2. The van der Waals surface area contributed by atoms with Gasteiger partial charge in [-0.05, 0) is 34.1 Å². The second-order valence-electron chi connectivity index (χ2n) is 7.56. The summed E-state index contributed by atoms with van der Waals surface area (Å²) in [5.74, 6) is -1.37. The molecule has 0 saturated heterocycles. The largest absolute Gasteiger partial charge is 0.464 e. The molecule has 0 heterocycles. The number of nitrogens with zero attached hydrogens (tertiary/aromatic N) is 5. The first-order valence-electron chi connectivity index (χ1n) is 10.9. The number of nitro benzene ring substituents is 2. The van der Waals surface area contributed by atoms with Crippen molar-refractivity contribution in [2.45, 2.75) is 20.8 Å². The van der Waals surface area contributed by atoms with Crippen LogP contribution in [0.15, 0.2) is 45.0 Å². The Labute approximate surface area is 224 Å². The molecule has 1 N–H and O–H groups in total. The number of carbonyl (C=O) groups excluding carboxylic acids is 3. The molecule has 0 aliphatic carbocycles. The molecule has 0 aliphatic heterocycles. The van der Waals surface area contributed by atoms with Gasteiger partial charge in [-0.15, -0.1) is 10.2 Å². The van der Waals surface area contributed by atoms with Crippen LogP contribution in [0.5, 0.6) is 0 Å². The molecule has 1 amide bonds. The van der Waals surface area contributed by atoms with E-state index in [1.807, 2.05) is 0 Å². The molecular weight excluding hydrogens is 572 g/mol. The zero-order valence-electron chi connectivity index (χ0n) is 20.5. The predicted molar refractivity (Wildman–Crippen MR) is 138 cm³/mol. The van der Waals surface area contributed by atoms with Gasteiger partial charge in [-0.2, -0.15) is 0 Å². The number of ether oxygens (including phenoxy) is 2. The Morgan fingerprint density at radius 3 is 2.05 bits per heavy atom. The van der Waals surface area contributed by atoms with Gasteiger partial charge in [0.1, 0.15) is 18.9 Å². The maximum absolute atomic E-state index is 11.8. The number of rotatable bonds is 12. The Balaban J connectivity index is 2.47. The van der Waals surface area contributed by atoms with E-state index >= 15 is 0 Å². The fourth-order valence-corrected chi connectivity index (χ4v) is 3.60. The Kier molecular flexibility index (Phi) is 10.8. The van der Waals surface area contributed by atoms with Crippen LogP contribution in [0.25, 0.3) is 0 Å². The molecule has 0 aromatic heterocycles. The highest BCUT2D eigenvalue weighted by Gasteiger charge is 2.23. The zero-order valence-corrected chi connectivity index (χ0v) is 22.1. The third kappa shape index (κ3) is 8.88. The summed E-state index contributed by atoms with van der Waals surface area (Å²) in [5, 5.41) is 33.1. The number of hydrogen-bond acceptors (Lipinski definition) is 12. The number of amides is 1. The van der Waals surface area contributed by atoms with Gasteiger partial charge in [0.15, 0.2) is 5.69 Å². The lowest BCUT2D eigenvalue weighted by molar-refractivity contribution is -0.393. The predicted octanol–water partition coefficient (Wildman–Crippen LogP) is 4.57. The van der Waals surface area contributed by atoms with Crippen LogP contribution in [0.4, 0.5) is 34.1 Å². The Morgan fingerprint density at radius 2 is 1.55 bits per heavy atom. The zero-order chi connectivity index (χ0) is 28.4. The maximum Gasteiger partial charge on any atom is 0.304 e. The summed E-state index contributed by atoms with van der Waals surface area (Å²) in [6, 6.07) is 6.47. The molecule has 16 heteroatoms. The summed E-state index contributed by atoms with van der Waals surface area (Å²) in [6.07, 6.45) is 0. The molecule has 15 nitrogen and oxygen atoms in total. The average molecular weight is 595 g/mol. The van der Waals surface area contributed by atoms with Crippen LogP contribution in [-0.4, -0.2) is 54.0 Å².